The zero-order chi connectivity index (χ0) is 10.6. The van der Waals surface area contributed by atoms with Crippen molar-refractivity contribution in [3.05, 3.63) is 22.8 Å². The largest absolute Gasteiger partial charge is 0.327 e. The van der Waals surface area contributed by atoms with Crippen molar-refractivity contribution in [3.8, 4) is 0 Å². The fourth-order valence-corrected chi connectivity index (χ4v) is 2.52. The van der Waals surface area contributed by atoms with Gasteiger partial charge >= 0.3 is 0 Å². The van der Waals surface area contributed by atoms with Crippen LogP contribution < -0.4 is 5.73 Å². The molecule has 0 aliphatic rings. The fourth-order valence-electron chi connectivity index (χ4n) is 0.845. The van der Waals surface area contributed by atoms with Crippen LogP contribution in [0.2, 0.25) is 0 Å². The lowest BCUT2D eigenvalue weighted by Crippen LogP contribution is -2.28. The van der Waals surface area contributed by atoms with Gasteiger partial charge in [0.2, 0.25) is 0 Å². The van der Waals surface area contributed by atoms with Gasteiger partial charge in [-0.3, -0.25) is 0 Å². The lowest BCUT2D eigenvalue weighted by Gasteiger charge is -2.14. The quantitative estimate of drug-likeness (QED) is 0.859. The number of nitrogens with two attached hydrogens (primary N) is 1. The summed E-state index contributed by atoms with van der Waals surface area (Å²) in [4.78, 5) is 4.27. The molecule has 2 nitrogen and oxygen atoms in total. The lowest BCUT2D eigenvalue weighted by molar-refractivity contribution is 0.535. The van der Waals surface area contributed by atoms with Gasteiger partial charge in [0, 0.05) is 22.5 Å². The minimum atomic E-state index is 0.230. The Bertz CT molecular complexity index is 291. The van der Waals surface area contributed by atoms with Crippen molar-refractivity contribution in [2.45, 2.75) is 24.9 Å². The molecule has 78 valence electrons. The van der Waals surface area contributed by atoms with Gasteiger partial charge in [0.1, 0.15) is 5.03 Å². The zero-order valence-electron chi connectivity index (χ0n) is 8.40. The van der Waals surface area contributed by atoms with Gasteiger partial charge in [-0.15, -0.1) is 11.8 Å². The fraction of sp³-hybridized carbons (Fsp3) is 0.500. The second-order valence-electron chi connectivity index (χ2n) is 3.51. The molecule has 1 unspecified atom stereocenters. The molecule has 0 spiro atoms. The smallest absolute Gasteiger partial charge is 0.110 e. The first-order chi connectivity index (χ1) is 6.61. The van der Waals surface area contributed by atoms with E-state index in [1.54, 1.807) is 18.0 Å². The monoisotopic (exact) mass is 274 g/mol. The van der Waals surface area contributed by atoms with Gasteiger partial charge in [-0.1, -0.05) is 13.8 Å². The molecule has 0 radical (unpaired) electrons. The van der Waals surface area contributed by atoms with E-state index in [9.17, 15) is 0 Å². The van der Waals surface area contributed by atoms with Crippen molar-refractivity contribution in [2.75, 3.05) is 5.75 Å². The van der Waals surface area contributed by atoms with Gasteiger partial charge in [0.15, 0.2) is 0 Å². The Morgan fingerprint density at radius 2 is 2.29 bits per heavy atom. The number of aromatic nitrogens is 1. The third-order valence-corrected chi connectivity index (χ3v) is 4.05. The molecule has 0 aliphatic carbocycles. The summed E-state index contributed by atoms with van der Waals surface area (Å²) < 4.78 is 1.04. The third-order valence-electron chi connectivity index (χ3n) is 1.99. The molecule has 1 heterocycles. The number of halogens is 1. The van der Waals surface area contributed by atoms with Crippen molar-refractivity contribution in [3.63, 3.8) is 0 Å². The van der Waals surface area contributed by atoms with Gasteiger partial charge in [-0.05, 0) is 34.0 Å². The number of pyridine rings is 1. The SMILES string of the molecule is CC(C)C(N)CSc1ncccc1Br. The molecule has 0 saturated carbocycles. The molecule has 1 aromatic heterocycles. The van der Waals surface area contributed by atoms with Crippen LogP contribution in [0.4, 0.5) is 0 Å². The van der Waals surface area contributed by atoms with E-state index in [-0.39, 0.29) is 6.04 Å². The Balaban J connectivity index is 2.50. The predicted octanol–water partition coefficient (Wildman–Crippen LogP) is 2.92. The number of rotatable bonds is 4. The molecule has 2 N–H and O–H groups in total. The van der Waals surface area contributed by atoms with E-state index in [4.69, 9.17) is 5.73 Å². The summed E-state index contributed by atoms with van der Waals surface area (Å²) in [6, 6.07) is 4.14. The van der Waals surface area contributed by atoms with E-state index in [1.165, 1.54) is 0 Å². The van der Waals surface area contributed by atoms with E-state index in [2.05, 4.69) is 34.8 Å². The van der Waals surface area contributed by atoms with E-state index in [1.807, 2.05) is 12.1 Å². The molecule has 4 heteroatoms. The maximum absolute atomic E-state index is 5.95. The minimum Gasteiger partial charge on any atom is -0.327 e. The Kier molecular flexibility index (Phi) is 4.92. The zero-order valence-corrected chi connectivity index (χ0v) is 10.8. The van der Waals surface area contributed by atoms with E-state index in [0.717, 1.165) is 15.3 Å². The van der Waals surface area contributed by atoms with Gasteiger partial charge in [0.25, 0.3) is 0 Å². The molecule has 1 aromatic rings. The first kappa shape index (κ1) is 12.0. The molecule has 0 aliphatic heterocycles. The summed E-state index contributed by atoms with van der Waals surface area (Å²) in [6.07, 6.45) is 1.80. The summed E-state index contributed by atoms with van der Waals surface area (Å²) in [5, 5.41) is 1.02. The standard InChI is InChI=1S/C10H15BrN2S/c1-7(2)9(12)6-14-10-8(11)4-3-5-13-10/h3-5,7,9H,6,12H2,1-2H3. The maximum atomic E-state index is 5.95. The van der Waals surface area contributed by atoms with Crippen LogP contribution in [-0.2, 0) is 0 Å². The summed E-state index contributed by atoms with van der Waals surface area (Å²) in [7, 11) is 0. The number of hydrogen-bond acceptors (Lipinski definition) is 3. The molecule has 0 amide bonds. The van der Waals surface area contributed by atoms with Gasteiger partial charge in [-0.25, -0.2) is 4.98 Å². The van der Waals surface area contributed by atoms with Crippen molar-refractivity contribution < 1.29 is 0 Å². The van der Waals surface area contributed by atoms with Gasteiger partial charge < -0.3 is 5.73 Å². The van der Waals surface area contributed by atoms with Crippen LogP contribution in [0.5, 0.6) is 0 Å². The van der Waals surface area contributed by atoms with E-state index >= 15 is 0 Å². The summed E-state index contributed by atoms with van der Waals surface area (Å²) in [5.74, 6) is 1.43. The highest BCUT2D eigenvalue weighted by Crippen LogP contribution is 2.25. The molecular formula is C10H15BrN2S. The summed E-state index contributed by atoms with van der Waals surface area (Å²) in [5.41, 5.74) is 5.95. The number of nitrogens with zero attached hydrogens (tertiary/aromatic N) is 1. The van der Waals surface area contributed by atoms with Crippen molar-refractivity contribution in [1.29, 1.82) is 0 Å². The Morgan fingerprint density at radius 1 is 1.57 bits per heavy atom. The van der Waals surface area contributed by atoms with Crippen molar-refractivity contribution >= 4 is 27.7 Å². The highest BCUT2D eigenvalue weighted by molar-refractivity contribution is 9.10. The van der Waals surface area contributed by atoms with Crippen molar-refractivity contribution in [1.82, 2.24) is 4.98 Å². The van der Waals surface area contributed by atoms with E-state index in [0.29, 0.717) is 5.92 Å². The lowest BCUT2D eigenvalue weighted by atomic mass is 10.1. The van der Waals surface area contributed by atoms with Gasteiger partial charge in [0.05, 0.1) is 0 Å². The second-order valence-corrected chi connectivity index (χ2v) is 5.37. The molecule has 0 bridgehead atoms. The molecule has 1 rings (SSSR count). The predicted molar refractivity (Wildman–Crippen MR) is 65.5 cm³/mol. The summed E-state index contributed by atoms with van der Waals surface area (Å²) in [6.45, 7) is 4.28. The molecule has 0 fully saturated rings. The maximum Gasteiger partial charge on any atom is 0.110 e. The molecule has 14 heavy (non-hydrogen) atoms. The molecular weight excluding hydrogens is 260 g/mol. The summed E-state index contributed by atoms with van der Waals surface area (Å²) >= 11 is 5.16. The van der Waals surface area contributed by atoms with Gasteiger partial charge in [-0.2, -0.15) is 0 Å². The van der Waals surface area contributed by atoms with Crippen LogP contribution in [0.15, 0.2) is 27.8 Å². The normalized spacial score (nSPS) is 13.2. The Morgan fingerprint density at radius 3 is 2.86 bits per heavy atom. The van der Waals surface area contributed by atoms with Crippen LogP contribution in [-0.4, -0.2) is 16.8 Å². The third kappa shape index (κ3) is 3.59. The van der Waals surface area contributed by atoms with Crippen LogP contribution in [0.3, 0.4) is 0 Å². The Labute approximate surface area is 97.8 Å². The molecule has 0 saturated heterocycles. The van der Waals surface area contributed by atoms with E-state index < -0.39 is 0 Å². The number of hydrogen-bond donors (Lipinski definition) is 1. The average Bonchev–Trinajstić information content (AvgIpc) is 2.16. The minimum absolute atomic E-state index is 0.230. The number of thioether (sulfide) groups is 1. The topological polar surface area (TPSA) is 38.9 Å². The van der Waals surface area contributed by atoms with Crippen molar-refractivity contribution in [2.24, 2.45) is 11.7 Å². The molecule has 0 aromatic carbocycles. The highest BCUT2D eigenvalue weighted by atomic mass is 79.9. The highest BCUT2D eigenvalue weighted by Gasteiger charge is 2.09. The second kappa shape index (κ2) is 5.73. The average molecular weight is 275 g/mol. The first-order valence-corrected chi connectivity index (χ1v) is 6.38. The van der Waals surface area contributed by atoms with Crippen LogP contribution >= 0.6 is 27.7 Å². The first-order valence-electron chi connectivity index (χ1n) is 4.60. The van der Waals surface area contributed by atoms with Crippen LogP contribution in [0, 0.1) is 5.92 Å². The Hall–Kier alpha value is -0.0600. The molecule has 1 atom stereocenters. The van der Waals surface area contributed by atoms with Crippen LogP contribution in [0.1, 0.15) is 13.8 Å². The van der Waals surface area contributed by atoms with Crippen LogP contribution in [0.25, 0.3) is 0 Å².